The maximum atomic E-state index is 13.5. The highest BCUT2D eigenvalue weighted by Crippen LogP contribution is 2.41. The van der Waals surface area contributed by atoms with Gasteiger partial charge in [0.1, 0.15) is 12.2 Å². The molecule has 0 aromatic rings. The number of carbonyl (C=O) groups is 2. The van der Waals surface area contributed by atoms with Gasteiger partial charge < -0.3 is 39.2 Å². The van der Waals surface area contributed by atoms with Gasteiger partial charge in [-0.05, 0) is 78.6 Å². The Labute approximate surface area is 272 Å². The van der Waals surface area contributed by atoms with Crippen molar-refractivity contribution in [3.05, 3.63) is 12.7 Å². The molecule has 11 heteroatoms. The predicted molar refractivity (Wildman–Crippen MR) is 174 cm³/mol. The van der Waals surface area contributed by atoms with E-state index in [4.69, 9.17) is 23.7 Å². The number of nitrogens with one attached hydrogen (secondary N) is 2. The first-order valence-electron chi connectivity index (χ1n) is 16.7. The van der Waals surface area contributed by atoms with Crippen LogP contribution in [-0.4, -0.2) is 97.0 Å². The molecule has 1 rings (SSSR count). The SMILES string of the molecule is C=CC(=O)OCCOC(C)(C)C(O)CCCCCOC(C)(C)C(=O)NC1(C)CC(C)(C)CCC1NC(O)OCCOCCCC. The molecule has 1 aliphatic carbocycles. The Hall–Kier alpha value is -1.60. The standard InChI is InChI=1S/C34H64N2O9/c1-10-12-19-41-21-22-43-30(40)35-26-17-18-31(3,4)25-34(26,9)36-29(39)33(7,8)44-20-15-13-14-16-27(37)32(5,6)45-24-23-42-28(38)11-2/h11,26-27,30,35,37,40H,2,10,12-25H2,1,3-9H3,(H,36,39). The monoisotopic (exact) mass is 644 g/mol. The molecule has 11 nitrogen and oxygen atoms in total. The lowest BCUT2D eigenvalue weighted by molar-refractivity contribution is -0.153. The molecule has 0 radical (unpaired) electrons. The van der Waals surface area contributed by atoms with Gasteiger partial charge in [0.25, 0.3) is 5.91 Å². The molecule has 264 valence electrons. The Kier molecular flexibility index (Phi) is 18.3. The van der Waals surface area contributed by atoms with E-state index in [0.717, 1.165) is 57.4 Å². The number of amides is 1. The predicted octanol–water partition coefficient (Wildman–Crippen LogP) is 4.38. The lowest BCUT2D eigenvalue weighted by atomic mass is 9.66. The fourth-order valence-electron chi connectivity index (χ4n) is 5.61. The largest absolute Gasteiger partial charge is 0.460 e. The van der Waals surface area contributed by atoms with E-state index in [2.05, 4.69) is 38.0 Å². The maximum Gasteiger partial charge on any atom is 0.330 e. The van der Waals surface area contributed by atoms with Gasteiger partial charge in [0.2, 0.25) is 6.41 Å². The zero-order valence-electron chi connectivity index (χ0n) is 29.4. The molecule has 0 bridgehead atoms. The Balaban J connectivity index is 2.51. The fraction of sp³-hybridized carbons (Fsp3) is 0.882. The van der Waals surface area contributed by atoms with Crippen molar-refractivity contribution in [3.8, 4) is 0 Å². The number of ether oxygens (including phenoxy) is 5. The molecule has 4 N–H and O–H groups in total. The number of unbranched alkanes of at least 4 members (excludes halogenated alkanes) is 3. The van der Waals surface area contributed by atoms with E-state index in [1.54, 1.807) is 13.8 Å². The zero-order valence-corrected chi connectivity index (χ0v) is 29.4. The van der Waals surface area contributed by atoms with Crippen molar-refractivity contribution < 1.29 is 43.5 Å². The van der Waals surface area contributed by atoms with Crippen LogP contribution in [0, 0.1) is 5.41 Å². The highest BCUT2D eigenvalue weighted by molar-refractivity contribution is 5.85. The highest BCUT2D eigenvalue weighted by atomic mass is 16.6. The number of esters is 1. The summed E-state index contributed by atoms with van der Waals surface area (Å²) in [7, 11) is 0. The molecule has 0 aromatic heterocycles. The van der Waals surface area contributed by atoms with E-state index in [9.17, 15) is 19.8 Å². The topological polar surface area (TPSA) is 145 Å². The summed E-state index contributed by atoms with van der Waals surface area (Å²) in [6.45, 7) is 21.1. The van der Waals surface area contributed by atoms with E-state index >= 15 is 0 Å². The lowest BCUT2D eigenvalue weighted by Gasteiger charge is -2.50. The van der Waals surface area contributed by atoms with Crippen LogP contribution in [0.1, 0.15) is 113 Å². The zero-order chi connectivity index (χ0) is 34.2. The molecular weight excluding hydrogens is 580 g/mol. The van der Waals surface area contributed by atoms with Gasteiger partial charge in [-0.25, -0.2) is 4.79 Å². The van der Waals surface area contributed by atoms with Crippen molar-refractivity contribution in [3.63, 3.8) is 0 Å². The van der Waals surface area contributed by atoms with Crippen LogP contribution in [0.15, 0.2) is 12.7 Å². The summed E-state index contributed by atoms with van der Waals surface area (Å²) in [5, 5.41) is 27.6. The van der Waals surface area contributed by atoms with Gasteiger partial charge in [-0.2, -0.15) is 0 Å². The van der Waals surface area contributed by atoms with E-state index in [1.165, 1.54) is 0 Å². The molecule has 0 aromatic carbocycles. The first-order chi connectivity index (χ1) is 21.0. The molecule has 4 atom stereocenters. The highest BCUT2D eigenvalue weighted by Gasteiger charge is 2.47. The van der Waals surface area contributed by atoms with Crippen LogP contribution < -0.4 is 10.6 Å². The molecule has 0 heterocycles. The summed E-state index contributed by atoms with van der Waals surface area (Å²) in [6, 6.07) is -0.192. The minimum Gasteiger partial charge on any atom is -0.460 e. The third kappa shape index (κ3) is 16.2. The van der Waals surface area contributed by atoms with Gasteiger partial charge in [0, 0.05) is 25.3 Å². The summed E-state index contributed by atoms with van der Waals surface area (Å²) in [5.74, 6) is -0.712. The summed E-state index contributed by atoms with van der Waals surface area (Å²) in [5.41, 5.74) is -2.44. The minimum absolute atomic E-state index is 0.0205. The Morgan fingerprint density at radius 3 is 2.33 bits per heavy atom. The van der Waals surface area contributed by atoms with E-state index < -0.39 is 35.2 Å². The molecule has 0 aliphatic heterocycles. The molecule has 0 spiro atoms. The van der Waals surface area contributed by atoms with Crippen LogP contribution in [0.5, 0.6) is 0 Å². The smallest absolute Gasteiger partial charge is 0.330 e. The second-order valence-corrected chi connectivity index (χ2v) is 14.2. The fourth-order valence-corrected chi connectivity index (χ4v) is 5.61. The molecule has 1 fully saturated rings. The summed E-state index contributed by atoms with van der Waals surface area (Å²) < 4.78 is 27.7. The first-order valence-corrected chi connectivity index (χ1v) is 16.7. The second-order valence-electron chi connectivity index (χ2n) is 14.2. The van der Waals surface area contributed by atoms with Crippen molar-refractivity contribution >= 4 is 11.9 Å². The number of aliphatic hydroxyl groups excluding tert-OH is 2. The third-order valence-corrected chi connectivity index (χ3v) is 8.52. The Bertz CT molecular complexity index is 880. The Morgan fingerprint density at radius 2 is 1.67 bits per heavy atom. The van der Waals surface area contributed by atoms with Crippen molar-refractivity contribution in [1.29, 1.82) is 0 Å². The summed E-state index contributed by atoms with van der Waals surface area (Å²) in [4.78, 5) is 24.6. The number of aliphatic hydroxyl groups is 2. The van der Waals surface area contributed by atoms with Gasteiger partial charge >= 0.3 is 5.97 Å². The summed E-state index contributed by atoms with van der Waals surface area (Å²) in [6.07, 6.45) is 6.65. The van der Waals surface area contributed by atoms with Gasteiger partial charge in [-0.15, -0.1) is 0 Å². The average molecular weight is 645 g/mol. The quantitative estimate of drug-likeness (QED) is 0.0517. The lowest BCUT2D eigenvalue weighted by Crippen LogP contribution is -2.67. The first kappa shape index (κ1) is 41.4. The van der Waals surface area contributed by atoms with Gasteiger partial charge in [0.15, 0.2) is 0 Å². The van der Waals surface area contributed by atoms with Crippen molar-refractivity contribution in [2.24, 2.45) is 5.41 Å². The molecule has 45 heavy (non-hydrogen) atoms. The number of rotatable bonds is 24. The van der Waals surface area contributed by atoms with Gasteiger partial charge in [0.05, 0.1) is 37.1 Å². The van der Waals surface area contributed by atoms with E-state index in [0.29, 0.717) is 26.2 Å². The van der Waals surface area contributed by atoms with Crippen molar-refractivity contribution in [2.45, 2.75) is 148 Å². The minimum atomic E-state index is -1.16. The third-order valence-electron chi connectivity index (χ3n) is 8.52. The number of carbonyl (C=O) groups excluding carboxylic acids is 2. The van der Waals surface area contributed by atoms with Crippen LogP contribution in [-0.2, 0) is 33.3 Å². The van der Waals surface area contributed by atoms with Crippen molar-refractivity contribution in [1.82, 2.24) is 10.6 Å². The summed E-state index contributed by atoms with van der Waals surface area (Å²) >= 11 is 0. The van der Waals surface area contributed by atoms with Crippen LogP contribution >= 0.6 is 0 Å². The van der Waals surface area contributed by atoms with Crippen LogP contribution in [0.4, 0.5) is 0 Å². The van der Waals surface area contributed by atoms with Crippen LogP contribution in [0.25, 0.3) is 0 Å². The van der Waals surface area contributed by atoms with Crippen molar-refractivity contribution in [2.75, 3.05) is 39.6 Å². The van der Waals surface area contributed by atoms with Crippen LogP contribution in [0.2, 0.25) is 0 Å². The van der Waals surface area contributed by atoms with E-state index in [-0.39, 0.29) is 37.2 Å². The van der Waals surface area contributed by atoms with E-state index in [1.807, 2.05) is 20.8 Å². The maximum absolute atomic E-state index is 13.5. The second kappa shape index (κ2) is 19.9. The number of hydrogen-bond donors (Lipinski definition) is 4. The molecule has 4 unspecified atom stereocenters. The van der Waals surface area contributed by atoms with Gasteiger partial charge in [-0.1, -0.05) is 46.6 Å². The molecule has 1 saturated carbocycles. The van der Waals surface area contributed by atoms with Gasteiger partial charge in [-0.3, -0.25) is 10.1 Å². The Morgan fingerprint density at radius 1 is 0.956 bits per heavy atom. The number of hydrogen-bond acceptors (Lipinski definition) is 10. The molecule has 1 amide bonds. The van der Waals surface area contributed by atoms with Crippen LogP contribution in [0.3, 0.4) is 0 Å². The molecule has 1 aliphatic rings. The molecule has 0 saturated heterocycles. The average Bonchev–Trinajstić information content (AvgIpc) is 2.95. The normalized spacial score (nSPS) is 21.6. The molecular formula is C34H64N2O9.